The lowest BCUT2D eigenvalue weighted by atomic mass is 10.2. The van der Waals surface area contributed by atoms with Gasteiger partial charge in [-0.2, -0.15) is 5.10 Å². The quantitative estimate of drug-likeness (QED) is 0.827. The molecule has 0 fully saturated rings. The van der Waals surface area contributed by atoms with Crippen molar-refractivity contribution in [2.45, 2.75) is 27.8 Å². The molecule has 0 aliphatic heterocycles. The van der Waals surface area contributed by atoms with Crippen molar-refractivity contribution in [3.8, 4) is 0 Å². The molecule has 0 amide bonds. The average Bonchev–Trinajstić information content (AvgIpc) is 2.72. The van der Waals surface area contributed by atoms with Crippen LogP contribution in [-0.4, -0.2) is 9.78 Å². The number of hydrogen-bond donors (Lipinski definition) is 1. The van der Waals surface area contributed by atoms with Gasteiger partial charge < -0.3 is 10.2 Å². The van der Waals surface area contributed by atoms with Crippen LogP contribution in [0.2, 0.25) is 0 Å². The first-order valence-corrected chi connectivity index (χ1v) is 4.11. The molecule has 0 radical (unpaired) electrons. The molecule has 2 aromatic heterocycles. The van der Waals surface area contributed by atoms with Crippen LogP contribution in [0, 0.1) is 0 Å². The highest BCUT2D eigenvalue weighted by molar-refractivity contribution is 5.28. The predicted octanol–water partition coefficient (Wildman–Crippen LogP) is 2.94. The second-order valence-electron chi connectivity index (χ2n) is 2.89. The molecule has 0 aromatic carbocycles. The molecule has 2 aromatic rings. The first kappa shape index (κ1) is 13.3. The summed E-state index contributed by atoms with van der Waals surface area (Å²) in [6.45, 7) is 1.99. The van der Waals surface area contributed by atoms with E-state index in [0.717, 1.165) is 5.76 Å². The second kappa shape index (κ2) is 5.24. The lowest BCUT2D eigenvalue weighted by molar-refractivity contribution is 0.428. The van der Waals surface area contributed by atoms with E-state index in [1.165, 1.54) is 0 Å². The Morgan fingerprint density at radius 3 is 2.60 bits per heavy atom. The van der Waals surface area contributed by atoms with Gasteiger partial charge in [-0.1, -0.05) is 14.9 Å². The van der Waals surface area contributed by atoms with Crippen molar-refractivity contribution in [1.82, 2.24) is 9.78 Å². The number of anilines is 1. The summed E-state index contributed by atoms with van der Waals surface area (Å²) in [7, 11) is 0. The Labute approximate surface area is 90.7 Å². The first-order chi connectivity index (χ1) is 6.29. The summed E-state index contributed by atoms with van der Waals surface area (Å²) in [5.74, 6) is 1.50. The third-order valence-electron chi connectivity index (χ3n) is 2.02. The van der Waals surface area contributed by atoms with Crippen molar-refractivity contribution in [2.24, 2.45) is 0 Å². The molecule has 15 heavy (non-hydrogen) atoms. The van der Waals surface area contributed by atoms with Gasteiger partial charge in [0.2, 0.25) is 0 Å². The number of furan rings is 1. The lowest BCUT2D eigenvalue weighted by Crippen LogP contribution is -2.10. The van der Waals surface area contributed by atoms with E-state index in [1.807, 2.05) is 19.1 Å². The van der Waals surface area contributed by atoms with Crippen molar-refractivity contribution in [3.05, 3.63) is 36.4 Å². The summed E-state index contributed by atoms with van der Waals surface area (Å²) in [6, 6.07) is 5.57. The molecule has 84 valence electrons. The third kappa shape index (κ3) is 2.40. The number of aromatic nitrogens is 2. The molecule has 0 aliphatic carbocycles. The summed E-state index contributed by atoms with van der Waals surface area (Å²) in [4.78, 5) is 0. The van der Waals surface area contributed by atoms with Crippen LogP contribution < -0.4 is 5.73 Å². The molecule has 0 saturated carbocycles. The van der Waals surface area contributed by atoms with E-state index in [-0.39, 0.29) is 20.9 Å². The Morgan fingerprint density at radius 1 is 1.40 bits per heavy atom. The molecule has 0 spiro atoms. The second-order valence-corrected chi connectivity index (χ2v) is 2.89. The molecule has 0 bridgehead atoms. The minimum Gasteiger partial charge on any atom is -0.467 e. The molecule has 0 saturated heterocycles. The fourth-order valence-corrected chi connectivity index (χ4v) is 1.30. The fourth-order valence-electron chi connectivity index (χ4n) is 1.30. The summed E-state index contributed by atoms with van der Waals surface area (Å²) < 4.78 is 6.98. The molecule has 4 nitrogen and oxygen atoms in total. The van der Waals surface area contributed by atoms with E-state index in [9.17, 15) is 0 Å². The van der Waals surface area contributed by atoms with Gasteiger partial charge in [0.25, 0.3) is 0 Å². The van der Waals surface area contributed by atoms with E-state index >= 15 is 0 Å². The number of nitrogens with zero attached hydrogens (tertiary/aromatic N) is 2. The standard InChI is InChI=1S/C9H11N3O.2CH4/c1-7(8-3-2-6-13-8)12-9(10)4-5-11-12;;/h2-7H,10H2,1H3;2*1H4. The third-order valence-corrected chi connectivity index (χ3v) is 2.02. The SMILES string of the molecule is C.C.CC(c1ccco1)n1nccc1N. The number of nitrogen functional groups attached to an aromatic ring is 1. The van der Waals surface area contributed by atoms with Gasteiger partial charge in [0.1, 0.15) is 17.6 Å². The maximum Gasteiger partial charge on any atom is 0.128 e. The zero-order valence-electron chi connectivity index (χ0n) is 7.34. The highest BCUT2D eigenvalue weighted by Gasteiger charge is 2.12. The Kier molecular flexibility index (Phi) is 4.64. The highest BCUT2D eigenvalue weighted by atomic mass is 16.3. The van der Waals surface area contributed by atoms with Gasteiger partial charge in [-0.25, -0.2) is 4.68 Å². The van der Waals surface area contributed by atoms with Crippen LogP contribution in [0.4, 0.5) is 5.82 Å². The van der Waals surface area contributed by atoms with Gasteiger partial charge in [-0.05, 0) is 25.1 Å². The topological polar surface area (TPSA) is 57.0 Å². The monoisotopic (exact) mass is 209 g/mol. The number of nitrogens with two attached hydrogens (primary N) is 1. The Hall–Kier alpha value is -1.71. The Morgan fingerprint density at radius 2 is 2.13 bits per heavy atom. The van der Waals surface area contributed by atoms with Gasteiger partial charge in [-0.15, -0.1) is 0 Å². The first-order valence-electron chi connectivity index (χ1n) is 4.11. The average molecular weight is 209 g/mol. The van der Waals surface area contributed by atoms with Crippen molar-refractivity contribution < 1.29 is 4.42 Å². The van der Waals surface area contributed by atoms with Crippen molar-refractivity contribution in [1.29, 1.82) is 0 Å². The van der Waals surface area contributed by atoms with Gasteiger partial charge in [0, 0.05) is 0 Å². The van der Waals surface area contributed by atoms with E-state index in [4.69, 9.17) is 10.2 Å². The van der Waals surface area contributed by atoms with E-state index in [2.05, 4.69) is 5.10 Å². The van der Waals surface area contributed by atoms with E-state index < -0.39 is 0 Å². The zero-order valence-corrected chi connectivity index (χ0v) is 7.34. The molecule has 2 heterocycles. The van der Waals surface area contributed by atoms with Crippen molar-refractivity contribution >= 4 is 5.82 Å². The molecule has 2 N–H and O–H groups in total. The van der Waals surface area contributed by atoms with Crippen LogP contribution in [0.15, 0.2) is 35.1 Å². The molecule has 4 heteroatoms. The van der Waals surface area contributed by atoms with Crippen molar-refractivity contribution in [3.63, 3.8) is 0 Å². The molecule has 1 unspecified atom stereocenters. The minimum atomic E-state index is 0. The highest BCUT2D eigenvalue weighted by Crippen LogP contribution is 2.19. The van der Waals surface area contributed by atoms with E-state index in [0.29, 0.717) is 5.82 Å². The fraction of sp³-hybridized carbons (Fsp3) is 0.364. The van der Waals surface area contributed by atoms with Gasteiger partial charge in [0.05, 0.1) is 12.5 Å². The number of hydrogen-bond acceptors (Lipinski definition) is 3. The normalized spacial score (nSPS) is 11.3. The van der Waals surface area contributed by atoms with Crippen molar-refractivity contribution in [2.75, 3.05) is 5.73 Å². The number of rotatable bonds is 2. The Bertz CT molecular complexity index is 378. The molecular formula is C11H19N3O. The van der Waals surface area contributed by atoms with Crippen LogP contribution in [-0.2, 0) is 0 Å². The maximum atomic E-state index is 5.71. The Balaban J connectivity index is 0.000000980. The van der Waals surface area contributed by atoms with Gasteiger partial charge in [-0.3, -0.25) is 0 Å². The summed E-state index contributed by atoms with van der Waals surface area (Å²) in [5, 5.41) is 4.10. The van der Waals surface area contributed by atoms with Crippen LogP contribution in [0.3, 0.4) is 0 Å². The maximum absolute atomic E-state index is 5.71. The smallest absolute Gasteiger partial charge is 0.128 e. The largest absolute Gasteiger partial charge is 0.467 e. The zero-order chi connectivity index (χ0) is 9.26. The summed E-state index contributed by atoms with van der Waals surface area (Å²) in [6.07, 6.45) is 3.32. The lowest BCUT2D eigenvalue weighted by Gasteiger charge is -2.10. The molecule has 0 aliphatic rings. The van der Waals surface area contributed by atoms with Crippen LogP contribution in [0.5, 0.6) is 0 Å². The van der Waals surface area contributed by atoms with Crippen LogP contribution in [0.25, 0.3) is 0 Å². The van der Waals surface area contributed by atoms with Crippen LogP contribution >= 0.6 is 0 Å². The molecular weight excluding hydrogens is 190 g/mol. The molecule has 2 rings (SSSR count). The van der Waals surface area contributed by atoms with Crippen LogP contribution in [0.1, 0.15) is 33.6 Å². The van der Waals surface area contributed by atoms with Gasteiger partial charge in [0.15, 0.2) is 0 Å². The van der Waals surface area contributed by atoms with Gasteiger partial charge >= 0.3 is 0 Å². The predicted molar refractivity (Wildman–Crippen MR) is 62.6 cm³/mol. The minimum absolute atomic E-state index is 0. The van der Waals surface area contributed by atoms with E-state index in [1.54, 1.807) is 23.2 Å². The summed E-state index contributed by atoms with van der Waals surface area (Å²) in [5.41, 5.74) is 5.71. The summed E-state index contributed by atoms with van der Waals surface area (Å²) >= 11 is 0. The molecule has 1 atom stereocenters.